The smallest absolute Gasteiger partial charge is 0.327 e. The van der Waals surface area contributed by atoms with Gasteiger partial charge in [0.1, 0.15) is 11.9 Å². The van der Waals surface area contributed by atoms with E-state index in [0.29, 0.717) is 5.56 Å². The lowest BCUT2D eigenvalue weighted by Gasteiger charge is -2.13. The molecule has 1 rings (SSSR count). The standard InChI is InChI=1S/C12H13ClFNO4S/c1-7(16)15-11(12(17)18)6-20(19)5-8-4-9(14)2-3-10(8)13/h2-4,11H,5-6H2,1H3,(H,15,16)(H,17,18). The number of halogens is 2. The third-order valence-electron chi connectivity index (χ3n) is 2.35. The molecule has 1 amide bonds. The minimum atomic E-state index is -1.60. The summed E-state index contributed by atoms with van der Waals surface area (Å²) in [7, 11) is -1.60. The molecular formula is C12H13ClFNO4S. The van der Waals surface area contributed by atoms with Crippen molar-refractivity contribution in [1.29, 1.82) is 0 Å². The average Bonchev–Trinajstić information content (AvgIpc) is 2.32. The van der Waals surface area contributed by atoms with Gasteiger partial charge in [-0.25, -0.2) is 9.18 Å². The van der Waals surface area contributed by atoms with Gasteiger partial charge < -0.3 is 10.4 Å². The molecule has 20 heavy (non-hydrogen) atoms. The van der Waals surface area contributed by atoms with Gasteiger partial charge in [-0.3, -0.25) is 9.00 Å². The summed E-state index contributed by atoms with van der Waals surface area (Å²) >= 11 is 5.84. The van der Waals surface area contributed by atoms with Gasteiger partial charge >= 0.3 is 5.97 Å². The van der Waals surface area contributed by atoms with E-state index >= 15 is 0 Å². The van der Waals surface area contributed by atoms with E-state index in [-0.39, 0.29) is 16.5 Å². The van der Waals surface area contributed by atoms with E-state index in [1.165, 1.54) is 19.1 Å². The first-order valence-corrected chi connectivity index (χ1v) is 7.45. The van der Waals surface area contributed by atoms with Gasteiger partial charge in [0, 0.05) is 22.7 Å². The van der Waals surface area contributed by atoms with Crippen molar-refractivity contribution in [3.8, 4) is 0 Å². The highest BCUT2D eigenvalue weighted by Crippen LogP contribution is 2.18. The molecule has 0 spiro atoms. The number of carbonyl (C=O) groups excluding carboxylic acids is 1. The summed E-state index contributed by atoms with van der Waals surface area (Å²) in [4.78, 5) is 21.8. The van der Waals surface area contributed by atoms with Crippen molar-refractivity contribution >= 4 is 34.3 Å². The van der Waals surface area contributed by atoms with Crippen molar-refractivity contribution in [1.82, 2.24) is 5.32 Å². The second kappa shape index (κ2) is 7.35. The number of carbonyl (C=O) groups is 2. The number of aliphatic carboxylic acids is 1. The molecule has 2 atom stereocenters. The first-order chi connectivity index (χ1) is 9.29. The molecule has 1 aromatic rings. The Labute approximate surface area is 122 Å². The maximum absolute atomic E-state index is 13.1. The zero-order valence-electron chi connectivity index (χ0n) is 10.6. The summed E-state index contributed by atoms with van der Waals surface area (Å²) in [5.74, 6) is -2.68. The fourth-order valence-electron chi connectivity index (χ4n) is 1.49. The van der Waals surface area contributed by atoms with E-state index in [0.717, 1.165) is 6.07 Å². The highest BCUT2D eigenvalue weighted by atomic mass is 35.5. The summed E-state index contributed by atoms with van der Waals surface area (Å²) in [6, 6.07) is 2.41. The van der Waals surface area contributed by atoms with Crippen LogP contribution in [0.1, 0.15) is 12.5 Å². The minimum absolute atomic E-state index is 0.0834. The molecule has 0 aliphatic heterocycles. The van der Waals surface area contributed by atoms with Crippen LogP contribution < -0.4 is 5.32 Å². The van der Waals surface area contributed by atoms with Crippen molar-refractivity contribution in [2.75, 3.05) is 5.75 Å². The van der Waals surface area contributed by atoms with Gasteiger partial charge in [0.25, 0.3) is 0 Å². The summed E-state index contributed by atoms with van der Waals surface area (Å²) in [6.07, 6.45) is 0. The normalized spacial score (nSPS) is 13.6. The van der Waals surface area contributed by atoms with Gasteiger partial charge in [0.2, 0.25) is 5.91 Å². The molecule has 0 saturated carbocycles. The topological polar surface area (TPSA) is 83.5 Å². The predicted octanol–water partition coefficient (Wildman–Crippen LogP) is 1.32. The minimum Gasteiger partial charge on any atom is -0.480 e. The van der Waals surface area contributed by atoms with Crippen molar-refractivity contribution in [3.63, 3.8) is 0 Å². The Balaban J connectivity index is 2.72. The molecular weight excluding hydrogens is 309 g/mol. The summed E-state index contributed by atoms with van der Waals surface area (Å²) in [5, 5.41) is 11.3. The predicted molar refractivity (Wildman–Crippen MR) is 73.4 cm³/mol. The Kier molecular flexibility index (Phi) is 6.09. The number of benzene rings is 1. The van der Waals surface area contributed by atoms with Gasteiger partial charge in [-0.1, -0.05) is 11.6 Å². The van der Waals surface area contributed by atoms with E-state index in [2.05, 4.69) is 5.32 Å². The zero-order valence-corrected chi connectivity index (χ0v) is 12.1. The summed E-state index contributed by atoms with van der Waals surface area (Å²) < 4.78 is 24.9. The SMILES string of the molecule is CC(=O)NC(CS(=O)Cc1cc(F)ccc1Cl)C(=O)O. The van der Waals surface area contributed by atoms with Crippen LogP contribution in [0.3, 0.4) is 0 Å². The highest BCUT2D eigenvalue weighted by Gasteiger charge is 2.21. The number of carboxylic acids is 1. The van der Waals surface area contributed by atoms with Crippen molar-refractivity contribution in [2.24, 2.45) is 0 Å². The fourth-order valence-corrected chi connectivity index (χ4v) is 3.06. The Bertz CT molecular complexity index is 552. The van der Waals surface area contributed by atoms with Gasteiger partial charge in [0.05, 0.1) is 11.5 Å². The molecule has 2 unspecified atom stereocenters. The molecule has 0 fully saturated rings. The maximum atomic E-state index is 13.1. The fraction of sp³-hybridized carbons (Fsp3) is 0.333. The van der Waals surface area contributed by atoms with E-state index in [1.807, 2.05) is 0 Å². The van der Waals surface area contributed by atoms with Crippen molar-refractivity contribution in [3.05, 3.63) is 34.6 Å². The molecule has 0 aromatic heterocycles. The van der Waals surface area contributed by atoms with Crippen molar-refractivity contribution in [2.45, 2.75) is 18.7 Å². The van der Waals surface area contributed by atoms with E-state index in [9.17, 15) is 18.2 Å². The number of rotatable bonds is 6. The molecule has 5 nitrogen and oxygen atoms in total. The maximum Gasteiger partial charge on any atom is 0.327 e. The van der Waals surface area contributed by atoms with Gasteiger partial charge in [-0.05, 0) is 23.8 Å². The molecule has 0 saturated heterocycles. The molecule has 0 heterocycles. The van der Waals surface area contributed by atoms with Crippen molar-refractivity contribution < 1.29 is 23.3 Å². The Hall–Kier alpha value is -1.47. The number of nitrogens with one attached hydrogen (secondary N) is 1. The molecule has 110 valence electrons. The molecule has 1 aromatic carbocycles. The second-order valence-electron chi connectivity index (χ2n) is 4.08. The first-order valence-electron chi connectivity index (χ1n) is 5.58. The number of hydrogen-bond donors (Lipinski definition) is 2. The lowest BCUT2D eigenvalue weighted by molar-refractivity contribution is -0.140. The van der Waals surface area contributed by atoms with Gasteiger partial charge in [-0.15, -0.1) is 0 Å². The molecule has 2 N–H and O–H groups in total. The van der Waals surface area contributed by atoms with Crippen LogP contribution in [0.25, 0.3) is 0 Å². The number of amides is 1. The Morgan fingerprint density at radius 2 is 2.15 bits per heavy atom. The Morgan fingerprint density at radius 1 is 1.50 bits per heavy atom. The van der Waals surface area contributed by atoms with Crippen LogP contribution in [-0.4, -0.2) is 33.0 Å². The van der Waals surface area contributed by atoms with E-state index < -0.39 is 34.5 Å². The molecule has 0 bridgehead atoms. The first kappa shape index (κ1) is 16.6. The molecule has 0 radical (unpaired) electrons. The van der Waals surface area contributed by atoms with Gasteiger partial charge in [-0.2, -0.15) is 0 Å². The zero-order chi connectivity index (χ0) is 15.3. The van der Waals surface area contributed by atoms with Crippen LogP contribution in [0.5, 0.6) is 0 Å². The number of carboxylic acid groups (broad SMARTS) is 1. The van der Waals surface area contributed by atoms with Gasteiger partial charge in [0.15, 0.2) is 0 Å². The van der Waals surface area contributed by atoms with Crippen LogP contribution in [0.15, 0.2) is 18.2 Å². The monoisotopic (exact) mass is 321 g/mol. The van der Waals surface area contributed by atoms with Crippen LogP contribution in [0.2, 0.25) is 5.02 Å². The van der Waals surface area contributed by atoms with Crippen LogP contribution >= 0.6 is 11.6 Å². The average molecular weight is 322 g/mol. The molecule has 0 aliphatic rings. The van der Waals surface area contributed by atoms with E-state index in [4.69, 9.17) is 16.7 Å². The van der Waals surface area contributed by atoms with Crippen LogP contribution in [0, 0.1) is 5.82 Å². The lowest BCUT2D eigenvalue weighted by atomic mass is 10.2. The summed E-state index contributed by atoms with van der Waals surface area (Å²) in [5.41, 5.74) is 0.331. The highest BCUT2D eigenvalue weighted by molar-refractivity contribution is 7.84. The van der Waals surface area contributed by atoms with Crippen LogP contribution in [-0.2, 0) is 26.1 Å². The molecule has 0 aliphatic carbocycles. The quantitative estimate of drug-likeness (QED) is 0.827. The summed E-state index contributed by atoms with van der Waals surface area (Å²) in [6.45, 7) is 1.17. The third kappa shape index (κ3) is 5.26. The third-order valence-corrected chi connectivity index (χ3v) is 4.06. The number of hydrogen-bond acceptors (Lipinski definition) is 3. The van der Waals surface area contributed by atoms with Crippen LogP contribution in [0.4, 0.5) is 4.39 Å². The largest absolute Gasteiger partial charge is 0.480 e. The lowest BCUT2D eigenvalue weighted by Crippen LogP contribution is -2.43. The Morgan fingerprint density at radius 3 is 2.70 bits per heavy atom. The molecule has 8 heteroatoms. The van der Waals surface area contributed by atoms with E-state index in [1.54, 1.807) is 0 Å². The second-order valence-corrected chi connectivity index (χ2v) is 5.99.